The Morgan fingerprint density at radius 1 is 1.27 bits per heavy atom. The van der Waals surface area contributed by atoms with Gasteiger partial charge in [-0.1, -0.05) is 17.8 Å². The summed E-state index contributed by atoms with van der Waals surface area (Å²) >= 11 is 0.739. The van der Waals surface area contributed by atoms with Crippen LogP contribution in [0.4, 0.5) is 10.7 Å². The summed E-state index contributed by atoms with van der Waals surface area (Å²) < 4.78 is 34.3. The fourth-order valence-corrected chi connectivity index (χ4v) is 4.58. The summed E-state index contributed by atoms with van der Waals surface area (Å²) in [5.74, 6) is -0.937. The number of thioether (sulfide) groups is 1. The molecule has 2 amide bonds. The average Bonchev–Trinajstić information content (AvgIpc) is 3.04. The quantitative estimate of drug-likeness (QED) is 0.491. The molecule has 2 rings (SSSR count). The molecule has 0 bridgehead atoms. The number of nitrogens with zero attached hydrogens (tertiary/aromatic N) is 3. The molecule has 0 aromatic carbocycles. The number of aromatic nitrogens is 3. The van der Waals surface area contributed by atoms with Gasteiger partial charge in [0.1, 0.15) is 5.82 Å². The predicted molar refractivity (Wildman–Crippen MR) is 94.0 cm³/mol. The number of hydrogen-bond acceptors (Lipinski definition) is 10. The normalized spacial score (nSPS) is 18.6. The molecule has 26 heavy (non-hydrogen) atoms. The first-order valence-corrected chi connectivity index (χ1v) is 9.11. The van der Waals surface area contributed by atoms with Gasteiger partial charge in [-0.15, -0.1) is 0 Å². The van der Waals surface area contributed by atoms with E-state index >= 15 is 0 Å². The minimum Gasteiger partial charge on any atom is -0.467 e. The first-order valence-electron chi connectivity index (χ1n) is 6.75. The molecule has 1 aromatic rings. The molecule has 0 aliphatic carbocycles. The number of hydrogen-bond donors (Lipinski definition) is 2. The van der Waals surface area contributed by atoms with Crippen molar-refractivity contribution in [1.29, 1.82) is 0 Å². The van der Waals surface area contributed by atoms with Crippen molar-refractivity contribution in [3.8, 4) is 6.01 Å². The number of urea groups is 1. The Balaban J connectivity index is 0.00000338. The van der Waals surface area contributed by atoms with Gasteiger partial charge in [0.2, 0.25) is 10.0 Å². The molecule has 0 spiro atoms. The largest absolute Gasteiger partial charge is 0.467 e. The first-order chi connectivity index (χ1) is 11.7. The van der Waals surface area contributed by atoms with Crippen LogP contribution in [-0.2, 0) is 19.6 Å². The first kappa shape index (κ1) is 22.6. The number of carbonyl (C=O) groups excluding carboxylic acids is 2. The fourth-order valence-electron chi connectivity index (χ4n) is 1.92. The topological polar surface area (TPSA) is 149 Å². The number of amides is 2. The molecule has 2 heterocycles. The van der Waals surface area contributed by atoms with E-state index in [-0.39, 0.29) is 53.8 Å². The molecule has 1 radical (unpaired) electrons. The van der Waals surface area contributed by atoms with Crippen molar-refractivity contribution in [2.45, 2.75) is 17.4 Å². The van der Waals surface area contributed by atoms with Crippen LogP contribution in [0.1, 0.15) is 12.2 Å². The van der Waals surface area contributed by atoms with E-state index in [0.717, 1.165) is 18.9 Å². The van der Waals surface area contributed by atoms with Crippen LogP contribution in [0.25, 0.3) is 0 Å². The monoisotopic (exact) mass is 412 g/mol. The summed E-state index contributed by atoms with van der Waals surface area (Å²) in [6.45, 7) is 1.54. The fraction of sp³-hybridized carbons (Fsp3) is 0.417. The zero-order chi connectivity index (χ0) is 18.7. The van der Waals surface area contributed by atoms with Crippen molar-refractivity contribution in [1.82, 2.24) is 19.7 Å². The number of esters is 1. The molecule has 1 atom stereocenters. The predicted octanol–water partition coefficient (Wildman–Crippen LogP) is -0.221. The Kier molecular flexibility index (Phi) is 7.83. The molecule has 1 aromatic heterocycles. The molecule has 2 N–H and O–H groups in total. The number of anilines is 1. The maximum atomic E-state index is 12.5. The Hall–Kier alpha value is -1.41. The van der Waals surface area contributed by atoms with Crippen molar-refractivity contribution in [2.24, 2.45) is 0 Å². The van der Waals surface area contributed by atoms with Crippen molar-refractivity contribution < 1.29 is 27.5 Å². The van der Waals surface area contributed by atoms with Crippen LogP contribution in [0, 0.1) is 6.92 Å². The second kappa shape index (κ2) is 8.99. The third-order valence-corrected chi connectivity index (χ3v) is 6.68. The second-order valence-electron chi connectivity index (χ2n) is 4.69. The number of aryl methyl sites for hydroxylation is 1. The van der Waals surface area contributed by atoms with Crippen molar-refractivity contribution in [2.75, 3.05) is 19.5 Å². The van der Waals surface area contributed by atoms with E-state index in [4.69, 9.17) is 4.74 Å². The van der Waals surface area contributed by atoms with Gasteiger partial charge in [0.05, 0.1) is 14.2 Å². The van der Waals surface area contributed by atoms with Gasteiger partial charge in [0.25, 0.3) is 10.0 Å². The Morgan fingerprint density at radius 2 is 1.96 bits per heavy atom. The average molecular weight is 412 g/mol. The molecule has 11 nitrogen and oxygen atoms in total. The standard InChI is InChI=1S/C12H15N5O6S2.Na/c1-7-13-9(16-11(14-7)23-3)15-10(19)17-25(20,21)12(8(18)22-2)5-4-6-24-12;/h4,6H,5H2,1-3H3,(H2,13,14,15,16,17,19);. The number of sulfonamides is 1. The van der Waals surface area contributed by atoms with Crippen molar-refractivity contribution in [3.05, 3.63) is 17.3 Å². The summed E-state index contributed by atoms with van der Waals surface area (Å²) in [4.78, 5) is 35.4. The minimum absolute atomic E-state index is 0. The minimum atomic E-state index is -4.42. The van der Waals surface area contributed by atoms with Gasteiger partial charge in [-0.2, -0.15) is 15.0 Å². The van der Waals surface area contributed by atoms with Crippen LogP contribution in [0.3, 0.4) is 0 Å². The van der Waals surface area contributed by atoms with E-state index in [9.17, 15) is 18.0 Å². The molecule has 1 unspecified atom stereocenters. The van der Waals surface area contributed by atoms with Crippen LogP contribution >= 0.6 is 11.8 Å². The Bertz CT molecular complexity index is 823. The molecule has 0 fully saturated rings. The van der Waals surface area contributed by atoms with E-state index in [1.807, 2.05) is 0 Å². The number of nitrogens with one attached hydrogen (secondary N) is 2. The van der Waals surface area contributed by atoms with Crippen LogP contribution in [0.5, 0.6) is 6.01 Å². The molecular weight excluding hydrogens is 397 g/mol. The summed E-state index contributed by atoms with van der Waals surface area (Å²) in [5.41, 5.74) is 0. The Labute approximate surface area is 176 Å². The summed E-state index contributed by atoms with van der Waals surface area (Å²) in [5, 5.41) is 3.61. The van der Waals surface area contributed by atoms with Crippen molar-refractivity contribution >= 4 is 69.3 Å². The van der Waals surface area contributed by atoms with E-state index in [0.29, 0.717) is 0 Å². The van der Waals surface area contributed by atoms with Gasteiger partial charge in [0, 0.05) is 36.0 Å². The smallest absolute Gasteiger partial charge is 0.340 e. The maximum Gasteiger partial charge on any atom is 0.340 e. The maximum absolute atomic E-state index is 12.5. The van der Waals surface area contributed by atoms with Gasteiger partial charge in [0.15, 0.2) is 0 Å². The zero-order valence-corrected chi connectivity index (χ0v) is 18.1. The number of methoxy groups -OCH3 is 2. The molecule has 1 aliphatic heterocycles. The molecular formula is C12H15N5NaO6S2. The van der Waals surface area contributed by atoms with E-state index < -0.39 is 26.1 Å². The summed E-state index contributed by atoms with van der Waals surface area (Å²) in [7, 11) is -2.02. The molecule has 0 saturated heterocycles. The van der Waals surface area contributed by atoms with Gasteiger partial charge in [-0.25, -0.2) is 22.7 Å². The summed E-state index contributed by atoms with van der Waals surface area (Å²) in [6.07, 6.45) is 1.37. The SMILES string of the molecule is COC(=O)C1(S(=O)(=O)NC(=O)Nc2nc(C)nc(OC)n2)CC=CS1.[Na]. The van der Waals surface area contributed by atoms with Crippen LogP contribution in [-0.4, -0.2) is 83.2 Å². The van der Waals surface area contributed by atoms with Gasteiger partial charge in [-0.05, 0) is 12.3 Å². The molecule has 14 heteroatoms. The number of rotatable bonds is 5. The van der Waals surface area contributed by atoms with E-state index in [1.165, 1.54) is 25.5 Å². The zero-order valence-electron chi connectivity index (χ0n) is 14.5. The van der Waals surface area contributed by atoms with E-state index in [2.05, 4.69) is 25.0 Å². The number of carbonyl (C=O) groups is 2. The van der Waals surface area contributed by atoms with Crippen molar-refractivity contribution in [3.63, 3.8) is 0 Å². The van der Waals surface area contributed by atoms with Gasteiger partial charge < -0.3 is 9.47 Å². The number of ether oxygens (including phenoxy) is 2. The second-order valence-corrected chi connectivity index (χ2v) is 8.06. The van der Waals surface area contributed by atoms with Crippen LogP contribution < -0.4 is 14.8 Å². The molecule has 1 aliphatic rings. The van der Waals surface area contributed by atoms with Crippen LogP contribution in [0.2, 0.25) is 0 Å². The third-order valence-electron chi connectivity index (χ3n) is 3.03. The third kappa shape index (κ3) is 4.65. The number of allylic oxidation sites excluding steroid dienone is 1. The van der Waals surface area contributed by atoms with E-state index in [1.54, 1.807) is 4.72 Å². The van der Waals surface area contributed by atoms with Gasteiger partial charge >= 0.3 is 18.0 Å². The van der Waals surface area contributed by atoms with Gasteiger partial charge in [-0.3, -0.25) is 5.32 Å². The molecule has 0 saturated carbocycles. The Morgan fingerprint density at radius 3 is 2.50 bits per heavy atom. The summed E-state index contributed by atoms with van der Waals surface area (Å²) in [6, 6.07) is -1.18. The van der Waals surface area contributed by atoms with Crippen LogP contribution in [0.15, 0.2) is 11.5 Å². The molecule has 137 valence electrons.